The molecule has 1 N–H and O–H groups in total. The van der Waals surface area contributed by atoms with Crippen molar-refractivity contribution in [2.75, 3.05) is 7.11 Å². The number of ether oxygens (including phenoxy) is 2. The molecule has 138 valence electrons. The molecule has 1 aromatic heterocycles. The summed E-state index contributed by atoms with van der Waals surface area (Å²) < 4.78 is 38.2. The van der Waals surface area contributed by atoms with Gasteiger partial charge in [-0.3, -0.25) is 0 Å². The maximum absolute atomic E-state index is 14.1. The first-order valence-electron chi connectivity index (χ1n) is 7.61. The Morgan fingerprint density at radius 1 is 1.15 bits per heavy atom. The molecule has 0 aliphatic carbocycles. The van der Waals surface area contributed by atoms with Crippen molar-refractivity contribution in [1.29, 1.82) is 0 Å². The molecule has 0 aliphatic heterocycles. The summed E-state index contributed by atoms with van der Waals surface area (Å²) in [5.41, 5.74) is -0.394. The van der Waals surface area contributed by atoms with Gasteiger partial charge in [0, 0.05) is 11.6 Å². The lowest BCUT2D eigenvalue weighted by Crippen LogP contribution is -2.04. The third-order valence-corrected chi connectivity index (χ3v) is 3.98. The van der Waals surface area contributed by atoms with Gasteiger partial charge in [0.1, 0.15) is 11.3 Å². The van der Waals surface area contributed by atoms with Crippen molar-refractivity contribution in [3.8, 4) is 28.6 Å². The Bertz CT molecular complexity index is 1030. The van der Waals surface area contributed by atoms with Gasteiger partial charge in [-0.1, -0.05) is 17.7 Å². The van der Waals surface area contributed by atoms with Crippen LogP contribution in [0.2, 0.25) is 5.02 Å². The van der Waals surface area contributed by atoms with Crippen molar-refractivity contribution in [2.24, 2.45) is 0 Å². The van der Waals surface area contributed by atoms with E-state index in [1.807, 2.05) is 0 Å². The quantitative estimate of drug-likeness (QED) is 0.649. The van der Waals surface area contributed by atoms with Gasteiger partial charge in [-0.2, -0.15) is 0 Å². The van der Waals surface area contributed by atoms with Gasteiger partial charge in [-0.25, -0.2) is 18.6 Å². The van der Waals surface area contributed by atoms with Gasteiger partial charge in [-0.15, -0.1) is 0 Å². The first kappa shape index (κ1) is 18.6. The second-order valence-corrected chi connectivity index (χ2v) is 5.76. The van der Waals surface area contributed by atoms with Crippen LogP contribution in [0.3, 0.4) is 0 Å². The number of carbonyl (C=O) groups is 1. The second kappa shape index (κ2) is 7.59. The van der Waals surface area contributed by atoms with Crippen molar-refractivity contribution in [1.82, 2.24) is 4.98 Å². The average Bonchev–Trinajstić information content (AvgIpc) is 2.65. The average molecular weight is 392 g/mol. The molecule has 0 saturated heterocycles. The molecule has 0 bridgehead atoms. The molecule has 3 rings (SSSR count). The predicted molar refractivity (Wildman–Crippen MR) is 94.6 cm³/mol. The molecule has 0 amide bonds. The highest BCUT2D eigenvalue weighted by atomic mass is 35.5. The first-order chi connectivity index (χ1) is 12.9. The van der Waals surface area contributed by atoms with E-state index in [0.717, 1.165) is 6.07 Å². The van der Waals surface area contributed by atoms with E-state index in [1.165, 1.54) is 43.5 Å². The van der Waals surface area contributed by atoms with Gasteiger partial charge in [-0.05, 0) is 36.4 Å². The van der Waals surface area contributed by atoms with E-state index in [9.17, 15) is 18.7 Å². The summed E-state index contributed by atoms with van der Waals surface area (Å²) in [5.74, 6) is -3.24. The Balaban J connectivity index is 2.10. The molecule has 2 aromatic carbocycles. The molecule has 1 heterocycles. The number of aromatic carboxylic acids is 1. The lowest BCUT2D eigenvalue weighted by Gasteiger charge is -2.12. The summed E-state index contributed by atoms with van der Waals surface area (Å²) in [6, 6.07) is 10.6. The summed E-state index contributed by atoms with van der Waals surface area (Å²) in [7, 11) is 1.45. The lowest BCUT2D eigenvalue weighted by atomic mass is 10.1. The van der Waals surface area contributed by atoms with Gasteiger partial charge in [0.15, 0.2) is 17.4 Å². The van der Waals surface area contributed by atoms with Crippen molar-refractivity contribution < 1.29 is 28.2 Å². The monoisotopic (exact) mass is 391 g/mol. The zero-order valence-corrected chi connectivity index (χ0v) is 14.6. The number of pyridine rings is 1. The second-order valence-electron chi connectivity index (χ2n) is 5.35. The van der Waals surface area contributed by atoms with E-state index in [1.54, 1.807) is 6.07 Å². The molecule has 3 aromatic rings. The maximum Gasteiger partial charge on any atom is 0.341 e. The minimum atomic E-state index is -1.30. The normalized spacial score (nSPS) is 10.5. The number of nitrogens with zero attached hydrogens (tertiary/aromatic N) is 1. The molecule has 0 fully saturated rings. The van der Waals surface area contributed by atoms with E-state index < -0.39 is 17.6 Å². The largest absolute Gasteiger partial charge is 0.497 e. The molecule has 0 saturated carbocycles. The summed E-state index contributed by atoms with van der Waals surface area (Å²) in [5, 5.41) is 9.55. The highest BCUT2D eigenvalue weighted by molar-refractivity contribution is 6.32. The summed E-state index contributed by atoms with van der Waals surface area (Å²) in [6.07, 6.45) is 0. The Labute approximate surface area is 157 Å². The van der Waals surface area contributed by atoms with Crippen molar-refractivity contribution in [3.63, 3.8) is 0 Å². The van der Waals surface area contributed by atoms with Crippen LogP contribution in [-0.2, 0) is 0 Å². The van der Waals surface area contributed by atoms with E-state index in [2.05, 4.69) is 4.98 Å². The van der Waals surface area contributed by atoms with Crippen LogP contribution in [0, 0.1) is 11.6 Å². The summed E-state index contributed by atoms with van der Waals surface area (Å²) >= 11 is 6.07. The fraction of sp³-hybridized carbons (Fsp3) is 0.0526. The standard InChI is InChI=1S/C19H12ClF2NO4/c1-26-10-5-7-13(20)16(9-10)27-18-12(19(24)25)6-8-15(23-18)11-3-2-4-14(21)17(11)22/h2-9H,1H3,(H,24,25). The topological polar surface area (TPSA) is 68.7 Å². The Morgan fingerprint density at radius 2 is 1.93 bits per heavy atom. The summed E-state index contributed by atoms with van der Waals surface area (Å²) in [6.45, 7) is 0. The molecule has 5 nitrogen and oxygen atoms in total. The van der Waals surface area contributed by atoms with Crippen LogP contribution in [0.1, 0.15) is 10.4 Å². The number of aromatic nitrogens is 1. The minimum Gasteiger partial charge on any atom is -0.497 e. The van der Waals surface area contributed by atoms with Gasteiger partial charge in [0.25, 0.3) is 0 Å². The van der Waals surface area contributed by atoms with E-state index in [-0.39, 0.29) is 33.5 Å². The van der Waals surface area contributed by atoms with Crippen LogP contribution < -0.4 is 9.47 Å². The smallest absolute Gasteiger partial charge is 0.341 e. The Hall–Kier alpha value is -3.19. The van der Waals surface area contributed by atoms with Crippen LogP contribution in [0.15, 0.2) is 48.5 Å². The number of benzene rings is 2. The minimum absolute atomic E-state index is 0.00557. The number of carboxylic acid groups (broad SMARTS) is 1. The molecular formula is C19H12ClF2NO4. The predicted octanol–water partition coefficient (Wildman–Crippen LogP) is 5.18. The molecule has 27 heavy (non-hydrogen) atoms. The first-order valence-corrected chi connectivity index (χ1v) is 7.98. The van der Waals surface area contributed by atoms with Crippen LogP contribution in [-0.4, -0.2) is 23.2 Å². The fourth-order valence-electron chi connectivity index (χ4n) is 2.33. The number of carboxylic acids is 1. The van der Waals surface area contributed by atoms with Crippen LogP contribution >= 0.6 is 11.6 Å². The van der Waals surface area contributed by atoms with Gasteiger partial charge >= 0.3 is 5.97 Å². The lowest BCUT2D eigenvalue weighted by molar-refractivity contribution is 0.0693. The van der Waals surface area contributed by atoms with Crippen LogP contribution in [0.4, 0.5) is 8.78 Å². The molecule has 8 heteroatoms. The number of hydrogen-bond donors (Lipinski definition) is 1. The Morgan fingerprint density at radius 3 is 2.63 bits per heavy atom. The molecule has 0 atom stereocenters. The molecule has 0 radical (unpaired) electrons. The van der Waals surface area contributed by atoms with Crippen LogP contribution in [0.25, 0.3) is 11.3 Å². The fourth-order valence-corrected chi connectivity index (χ4v) is 2.48. The number of methoxy groups -OCH3 is 1. The van der Waals surface area contributed by atoms with Gasteiger partial charge in [0.05, 0.1) is 17.8 Å². The number of halogens is 3. The zero-order valence-electron chi connectivity index (χ0n) is 13.9. The van der Waals surface area contributed by atoms with Crippen molar-refractivity contribution in [3.05, 3.63) is 70.8 Å². The molecule has 0 aliphatic rings. The highest BCUT2D eigenvalue weighted by Gasteiger charge is 2.19. The molecular weight excluding hydrogens is 380 g/mol. The van der Waals surface area contributed by atoms with E-state index in [4.69, 9.17) is 21.1 Å². The van der Waals surface area contributed by atoms with Crippen molar-refractivity contribution >= 4 is 17.6 Å². The molecule has 0 unspecified atom stereocenters. The van der Waals surface area contributed by atoms with Gasteiger partial charge < -0.3 is 14.6 Å². The summed E-state index contributed by atoms with van der Waals surface area (Å²) in [4.78, 5) is 15.5. The van der Waals surface area contributed by atoms with E-state index >= 15 is 0 Å². The zero-order chi connectivity index (χ0) is 19.6. The Kier molecular flexibility index (Phi) is 5.23. The SMILES string of the molecule is COc1ccc(Cl)c(Oc2nc(-c3cccc(F)c3F)ccc2C(=O)O)c1. The third kappa shape index (κ3) is 3.83. The van der Waals surface area contributed by atoms with Crippen LogP contribution in [0.5, 0.6) is 17.4 Å². The number of hydrogen-bond acceptors (Lipinski definition) is 4. The van der Waals surface area contributed by atoms with Gasteiger partial charge in [0.2, 0.25) is 5.88 Å². The number of rotatable bonds is 5. The van der Waals surface area contributed by atoms with Crippen molar-refractivity contribution in [2.45, 2.75) is 0 Å². The maximum atomic E-state index is 14.1. The third-order valence-electron chi connectivity index (χ3n) is 3.66. The highest BCUT2D eigenvalue weighted by Crippen LogP contribution is 2.35. The van der Waals surface area contributed by atoms with E-state index in [0.29, 0.717) is 5.75 Å². The molecule has 0 spiro atoms.